The van der Waals surface area contributed by atoms with Crippen molar-refractivity contribution in [1.82, 2.24) is 0 Å². The van der Waals surface area contributed by atoms with Gasteiger partial charge in [0.15, 0.2) is 6.61 Å². The molecule has 0 aliphatic carbocycles. The first-order valence-electron chi connectivity index (χ1n) is 7.29. The molecule has 0 radical (unpaired) electrons. The van der Waals surface area contributed by atoms with Gasteiger partial charge in [-0.15, -0.1) is 12.4 Å². The van der Waals surface area contributed by atoms with Crippen LogP contribution in [0.5, 0.6) is 5.75 Å². The Labute approximate surface area is 146 Å². The fourth-order valence-electron chi connectivity index (χ4n) is 2.06. The molecule has 130 valence electrons. The maximum atomic E-state index is 12.0. The Hall–Kier alpha value is -2.31. The SMILES string of the molecule is COC(=O)COc1ccc(NC(=O)C(C)CN)c2ccccc12.Cl. The Balaban J connectivity index is 0.00000288. The van der Waals surface area contributed by atoms with E-state index in [1.807, 2.05) is 24.3 Å². The predicted octanol–water partition coefficient (Wildman–Crippen LogP) is 2.35. The number of methoxy groups -OCH3 is 1. The maximum absolute atomic E-state index is 12.0. The third kappa shape index (κ3) is 4.59. The fourth-order valence-corrected chi connectivity index (χ4v) is 2.06. The molecule has 0 bridgehead atoms. The van der Waals surface area contributed by atoms with Crippen LogP contribution in [0.2, 0.25) is 0 Å². The van der Waals surface area contributed by atoms with Crippen LogP contribution in [-0.2, 0) is 14.3 Å². The van der Waals surface area contributed by atoms with Gasteiger partial charge in [-0.2, -0.15) is 0 Å². The minimum atomic E-state index is -0.455. The van der Waals surface area contributed by atoms with E-state index in [4.69, 9.17) is 10.5 Å². The third-order valence-corrected chi connectivity index (χ3v) is 3.52. The van der Waals surface area contributed by atoms with Gasteiger partial charge in [0.1, 0.15) is 5.75 Å². The number of nitrogens with two attached hydrogens (primary N) is 1. The Kier molecular flexibility index (Phi) is 7.48. The average Bonchev–Trinajstić information content (AvgIpc) is 2.59. The monoisotopic (exact) mass is 352 g/mol. The second-order valence-corrected chi connectivity index (χ2v) is 5.15. The highest BCUT2D eigenvalue weighted by molar-refractivity contribution is 6.04. The summed E-state index contributed by atoms with van der Waals surface area (Å²) >= 11 is 0. The molecule has 0 aliphatic rings. The van der Waals surface area contributed by atoms with Crippen LogP contribution in [0, 0.1) is 5.92 Å². The highest BCUT2D eigenvalue weighted by Crippen LogP contribution is 2.31. The molecule has 0 saturated heterocycles. The van der Waals surface area contributed by atoms with Gasteiger partial charge in [-0.3, -0.25) is 4.79 Å². The van der Waals surface area contributed by atoms with E-state index in [1.165, 1.54) is 7.11 Å². The molecule has 0 heterocycles. The number of rotatable bonds is 6. The number of fused-ring (bicyclic) bond motifs is 1. The lowest BCUT2D eigenvalue weighted by Crippen LogP contribution is -2.26. The topological polar surface area (TPSA) is 90.6 Å². The van der Waals surface area contributed by atoms with Crippen LogP contribution in [0.3, 0.4) is 0 Å². The number of nitrogens with one attached hydrogen (secondary N) is 1. The van der Waals surface area contributed by atoms with E-state index in [1.54, 1.807) is 19.1 Å². The molecule has 0 fully saturated rings. The van der Waals surface area contributed by atoms with E-state index in [0.29, 0.717) is 11.4 Å². The summed E-state index contributed by atoms with van der Waals surface area (Å²) in [5.74, 6) is -0.316. The summed E-state index contributed by atoms with van der Waals surface area (Å²) in [7, 11) is 1.31. The highest BCUT2D eigenvalue weighted by Gasteiger charge is 2.14. The summed E-state index contributed by atoms with van der Waals surface area (Å²) in [6.07, 6.45) is 0. The maximum Gasteiger partial charge on any atom is 0.343 e. The van der Waals surface area contributed by atoms with Gasteiger partial charge in [-0.05, 0) is 12.1 Å². The summed E-state index contributed by atoms with van der Waals surface area (Å²) in [5, 5.41) is 4.50. The van der Waals surface area contributed by atoms with E-state index in [0.717, 1.165) is 10.8 Å². The second kappa shape index (κ2) is 9.10. The van der Waals surface area contributed by atoms with Crippen molar-refractivity contribution in [2.75, 3.05) is 25.6 Å². The van der Waals surface area contributed by atoms with Crippen LogP contribution in [0.15, 0.2) is 36.4 Å². The summed E-state index contributed by atoms with van der Waals surface area (Å²) in [6.45, 7) is 1.88. The van der Waals surface area contributed by atoms with Crippen LogP contribution in [0.25, 0.3) is 10.8 Å². The molecule has 2 aromatic carbocycles. The lowest BCUT2D eigenvalue weighted by atomic mass is 10.1. The number of benzene rings is 2. The smallest absolute Gasteiger partial charge is 0.343 e. The first kappa shape index (κ1) is 19.7. The molecule has 0 aromatic heterocycles. The number of hydrogen-bond donors (Lipinski definition) is 2. The zero-order valence-electron chi connectivity index (χ0n) is 13.6. The van der Waals surface area contributed by atoms with Crippen molar-refractivity contribution in [3.8, 4) is 5.75 Å². The number of amides is 1. The largest absolute Gasteiger partial charge is 0.481 e. The molecule has 1 atom stereocenters. The summed E-state index contributed by atoms with van der Waals surface area (Å²) in [6, 6.07) is 10.9. The van der Waals surface area contributed by atoms with Gasteiger partial charge in [0, 0.05) is 28.9 Å². The van der Waals surface area contributed by atoms with Gasteiger partial charge in [-0.1, -0.05) is 31.2 Å². The van der Waals surface area contributed by atoms with Crippen LogP contribution in [0.4, 0.5) is 5.69 Å². The molecule has 2 rings (SSSR count). The van der Waals surface area contributed by atoms with E-state index in [-0.39, 0.29) is 37.4 Å². The number of halogens is 1. The van der Waals surface area contributed by atoms with Crippen molar-refractivity contribution in [2.24, 2.45) is 11.7 Å². The predicted molar refractivity (Wildman–Crippen MR) is 95.6 cm³/mol. The number of ether oxygens (including phenoxy) is 2. The Morgan fingerprint density at radius 2 is 1.83 bits per heavy atom. The quantitative estimate of drug-likeness (QED) is 0.779. The van der Waals surface area contributed by atoms with Gasteiger partial charge >= 0.3 is 5.97 Å². The summed E-state index contributed by atoms with van der Waals surface area (Å²) < 4.78 is 10.1. The van der Waals surface area contributed by atoms with Crippen molar-refractivity contribution in [3.05, 3.63) is 36.4 Å². The minimum Gasteiger partial charge on any atom is -0.481 e. The lowest BCUT2D eigenvalue weighted by Gasteiger charge is -2.14. The molecular formula is C17H21ClN2O4. The van der Waals surface area contributed by atoms with E-state index in [9.17, 15) is 9.59 Å². The molecular weight excluding hydrogens is 332 g/mol. The lowest BCUT2D eigenvalue weighted by molar-refractivity contribution is -0.142. The molecule has 1 unspecified atom stereocenters. The van der Waals surface area contributed by atoms with Crippen molar-refractivity contribution < 1.29 is 19.1 Å². The van der Waals surface area contributed by atoms with E-state index >= 15 is 0 Å². The zero-order chi connectivity index (χ0) is 16.8. The Morgan fingerprint density at radius 1 is 1.17 bits per heavy atom. The highest BCUT2D eigenvalue weighted by atomic mass is 35.5. The molecule has 0 aliphatic heterocycles. The first-order chi connectivity index (χ1) is 11.1. The van der Waals surface area contributed by atoms with Crippen molar-refractivity contribution in [2.45, 2.75) is 6.92 Å². The standard InChI is InChI=1S/C17H20N2O4.ClH/c1-11(9-18)17(21)19-14-7-8-15(23-10-16(20)22-2)13-6-4-3-5-12(13)14;/h3-8,11H,9-10,18H2,1-2H3,(H,19,21);1H. The van der Waals surface area contributed by atoms with Crippen molar-refractivity contribution >= 4 is 40.7 Å². The Bertz CT molecular complexity index is 721. The van der Waals surface area contributed by atoms with Crippen molar-refractivity contribution in [1.29, 1.82) is 0 Å². The molecule has 24 heavy (non-hydrogen) atoms. The van der Waals surface area contributed by atoms with Crippen LogP contribution < -0.4 is 15.8 Å². The molecule has 3 N–H and O–H groups in total. The van der Waals surface area contributed by atoms with E-state index < -0.39 is 5.97 Å². The summed E-state index contributed by atoms with van der Waals surface area (Å²) in [5.41, 5.74) is 6.20. The number of hydrogen-bond acceptors (Lipinski definition) is 5. The molecule has 2 aromatic rings. The number of esters is 1. The van der Waals surface area contributed by atoms with Gasteiger partial charge < -0.3 is 20.5 Å². The van der Waals surface area contributed by atoms with Gasteiger partial charge in [0.25, 0.3) is 0 Å². The average molecular weight is 353 g/mol. The van der Waals surface area contributed by atoms with Gasteiger partial charge in [0.2, 0.25) is 5.91 Å². The van der Waals surface area contributed by atoms with E-state index in [2.05, 4.69) is 10.1 Å². The number of anilines is 1. The van der Waals surface area contributed by atoms with Crippen LogP contribution in [0.1, 0.15) is 6.92 Å². The molecule has 0 saturated carbocycles. The molecule has 1 amide bonds. The molecule has 6 nitrogen and oxygen atoms in total. The third-order valence-electron chi connectivity index (χ3n) is 3.52. The fraction of sp³-hybridized carbons (Fsp3) is 0.294. The van der Waals surface area contributed by atoms with Crippen LogP contribution >= 0.6 is 12.4 Å². The van der Waals surface area contributed by atoms with Crippen molar-refractivity contribution in [3.63, 3.8) is 0 Å². The first-order valence-corrected chi connectivity index (χ1v) is 7.29. The van der Waals surface area contributed by atoms with Crippen LogP contribution in [-0.4, -0.2) is 32.1 Å². The normalized spacial score (nSPS) is 11.3. The second-order valence-electron chi connectivity index (χ2n) is 5.15. The van der Waals surface area contributed by atoms with Gasteiger partial charge in [0.05, 0.1) is 7.11 Å². The molecule has 7 heteroatoms. The molecule has 0 spiro atoms. The Morgan fingerprint density at radius 3 is 2.46 bits per heavy atom. The number of carbonyl (C=O) groups excluding carboxylic acids is 2. The number of carbonyl (C=O) groups is 2. The zero-order valence-corrected chi connectivity index (χ0v) is 14.4. The summed E-state index contributed by atoms with van der Waals surface area (Å²) in [4.78, 5) is 23.3. The minimum absolute atomic E-state index is 0. The van der Waals surface area contributed by atoms with Gasteiger partial charge in [-0.25, -0.2) is 4.79 Å².